The van der Waals surface area contributed by atoms with E-state index in [1.165, 1.54) is 6.20 Å². The molecule has 1 atom stereocenters. The fraction of sp³-hybridized carbons (Fsp3) is 0.391. The molecule has 0 aliphatic carbocycles. The van der Waals surface area contributed by atoms with Crippen LogP contribution in [0.2, 0.25) is 0 Å². The molecule has 0 radical (unpaired) electrons. The number of aromatic nitrogens is 3. The van der Waals surface area contributed by atoms with Crippen LogP contribution in [0.3, 0.4) is 0 Å². The molecule has 3 heterocycles. The summed E-state index contributed by atoms with van der Waals surface area (Å²) in [6, 6.07) is 6.87. The van der Waals surface area contributed by atoms with Gasteiger partial charge in [-0.3, -0.25) is 4.79 Å². The zero-order valence-electron chi connectivity index (χ0n) is 18.8. The smallest absolute Gasteiger partial charge is 0.253 e. The van der Waals surface area contributed by atoms with Crippen molar-refractivity contribution in [2.45, 2.75) is 39.3 Å². The number of amides is 1. The van der Waals surface area contributed by atoms with Crippen LogP contribution in [0.5, 0.6) is 5.88 Å². The van der Waals surface area contributed by atoms with Gasteiger partial charge in [0.15, 0.2) is 0 Å². The second kappa shape index (κ2) is 10.7. The number of anilines is 1. The molecule has 0 aliphatic heterocycles. The maximum Gasteiger partial charge on any atom is 0.253 e. The van der Waals surface area contributed by atoms with Gasteiger partial charge in [0.1, 0.15) is 23.9 Å². The minimum atomic E-state index is -0.276. The van der Waals surface area contributed by atoms with Crippen molar-refractivity contribution in [1.29, 1.82) is 0 Å². The summed E-state index contributed by atoms with van der Waals surface area (Å²) in [5, 5.41) is 16.3. The lowest BCUT2D eigenvalue weighted by molar-refractivity contribution is 0.0912. The predicted molar refractivity (Wildman–Crippen MR) is 121 cm³/mol. The van der Waals surface area contributed by atoms with Gasteiger partial charge in [-0.25, -0.2) is 9.97 Å². The summed E-state index contributed by atoms with van der Waals surface area (Å²) in [4.78, 5) is 22.9. The summed E-state index contributed by atoms with van der Waals surface area (Å²) in [7, 11) is 3.86. The molecule has 2 N–H and O–H groups in total. The number of aryl methyl sites for hydroxylation is 1. The second-order valence-corrected chi connectivity index (χ2v) is 7.68. The molecule has 32 heavy (non-hydrogen) atoms. The van der Waals surface area contributed by atoms with Gasteiger partial charge in [-0.2, -0.15) is 0 Å². The van der Waals surface area contributed by atoms with Crippen molar-refractivity contribution in [3.05, 3.63) is 53.5 Å². The first-order valence-corrected chi connectivity index (χ1v) is 10.5. The molecular formula is C23H29N5O4. The number of carbonyl (C=O) groups is 1. The van der Waals surface area contributed by atoms with Gasteiger partial charge in [0.25, 0.3) is 5.91 Å². The van der Waals surface area contributed by atoms with E-state index in [-0.39, 0.29) is 25.2 Å². The molecule has 0 unspecified atom stereocenters. The highest BCUT2D eigenvalue weighted by atomic mass is 16.5. The Morgan fingerprint density at radius 3 is 2.62 bits per heavy atom. The van der Waals surface area contributed by atoms with Gasteiger partial charge in [0, 0.05) is 38.1 Å². The lowest BCUT2D eigenvalue weighted by Gasteiger charge is -2.15. The maximum atomic E-state index is 12.3. The summed E-state index contributed by atoms with van der Waals surface area (Å²) in [6.45, 7) is 3.94. The van der Waals surface area contributed by atoms with E-state index in [4.69, 9.17) is 9.26 Å². The monoisotopic (exact) mass is 439 g/mol. The van der Waals surface area contributed by atoms with Crippen LogP contribution in [0.1, 0.15) is 41.4 Å². The molecule has 170 valence electrons. The lowest BCUT2D eigenvalue weighted by Crippen LogP contribution is -2.37. The van der Waals surface area contributed by atoms with E-state index >= 15 is 0 Å². The number of ether oxygens (including phenoxy) is 1. The number of hydrogen-bond acceptors (Lipinski definition) is 8. The van der Waals surface area contributed by atoms with Gasteiger partial charge in [0.2, 0.25) is 5.88 Å². The van der Waals surface area contributed by atoms with Crippen molar-refractivity contribution in [2.75, 3.05) is 25.6 Å². The number of nitrogens with zero attached hydrogens (tertiary/aromatic N) is 4. The molecule has 0 fully saturated rings. The highest BCUT2D eigenvalue weighted by Gasteiger charge is 2.17. The molecule has 0 spiro atoms. The SMILES string of the molecule is CCC[C@@H](CO)NC(=O)c1ccc(OCc2c(-c3ccc(N(C)C)nc3)noc2C)nc1. The standard InChI is InChI=1S/C23H29N5O4/c1-5-6-18(13-29)26-23(30)17-8-10-21(25-12-17)31-14-19-15(2)32-27-22(19)16-7-9-20(24-11-16)28(3)4/h7-12,18,29H,5-6,13-14H2,1-4H3,(H,26,30)/t18-/m0/s1. The third-order valence-corrected chi connectivity index (χ3v) is 5.02. The van der Waals surface area contributed by atoms with E-state index in [1.54, 1.807) is 18.3 Å². The van der Waals surface area contributed by atoms with Crippen molar-refractivity contribution in [3.8, 4) is 17.1 Å². The number of pyridine rings is 2. The fourth-order valence-electron chi connectivity index (χ4n) is 3.15. The first-order chi connectivity index (χ1) is 15.4. The first kappa shape index (κ1) is 23.2. The van der Waals surface area contributed by atoms with Crippen LogP contribution in [0.4, 0.5) is 5.82 Å². The zero-order valence-corrected chi connectivity index (χ0v) is 18.8. The Morgan fingerprint density at radius 2 is 2.03 bits per heavy atom. The molecule has 3 rings (SSSR count). The Bertz CT molecular complexity index is 1020. The Labute approximate surface area is 187 Å². The van der Waals surface area contributed by atoms with Crippen molar-refractivity contribution in [2.24, 2.45) is 0 Å². The third kappa shape index (κ3) is 5.61. The average Bonchev–Trinajstić information content (AvgIpc) is 3.17. The molecule has 9 heteroatoms. The molecule has 9 nitrogen and oxygen atoms in total. The highest BCUT2D eigenvalue weighted by molar-refractivity contribution is 5.94. The lowest BCUT2D eigenvalue weighted by atomic mass is 10.1. The zero-order chi connectivity index (χ0) is 23.1. The Balaban J connectivity index is 1.66. The summed E-state index contributed by atoms with van der Waals surface area (Å²) in [5.74, 6) is 1.60. The Morgan fingerprint density at radius 1 is 1.22 bits per heavy atom. The van der Waals surface area contributed by atoms with Gasteiger partial charge in [-0.1, -0.05) is 18.5 Å². The van der Waals surface area contributed by atoms with Gasteiger partial charge >= 0.3 is 0 Å². The molecule has 0 aromatic carbocycles. The number of carbonyl (C=O) groups excluding carboxylic acids is 1. The van der Waals surface area contributed by atoms with Gasteiger partial charge in [-0.15, -0.1) is 0 Å². The molecule has 0 aliphatic rings. The normalized spacial score (nSPS) is 11.8. The van der Waals surface area contributed by atoms with Crippen LogP contribution in [0, 0.1) is 6.92 Å². The molecule has 0 saturated carbocycles. The van der Waals surface area contributed by atoms with Crippen LogP contribution in [0.25, 0.3) is 11.3 Å². The fourth-order valence-corrected chi connectivity index (χ4v) is 3.15. The van der Waals surface area contributed by atoms with Crippen LogP contribution in [0.15, 0.2) is 41.2 Å². The van der Waals surface area contributed by atoms with E-state index in [0.717, 1.165) is 23.4 Å². The minimum absolute atomic E-state index is 0.0952. The molecule has 3 aromatic rings. The number of hydrogen-bond donors (Lipinski definition) is 2. The van der Waals surface area contributed by atoms with Gasteiger partial charge in [-0.05, 0) is 31.5 Å². The molecule has 0 bridgehead atoms. The summed E-state index contributed by atoms with van der Waals surface area (Å²) in [5.41, 5.74) is 2.71. The van der Waals surface area contributed by atoms with Crippen molar-refractivity contribution in [1.82, 2.24) is 20.4 Å². The molecule has 1 amide bonds. The quantitative estimate of drug-likeness (QED) is 0.496. The molecule has 3 aromatic heterocycles. The highest BCUT2D eigenvalue weighted by Crippen LogP contribution is 2.27. The Hall–Kier alpha value is -3.46. The minimum Gasteiger partial charge on any atom is -0.473 e. The summed E-state index contributed by atoms with van der Waals surface area (Å²) < 4.78 is 11.2. The molecule has 0 saturated heterocycles. The van der Waals surface area contributed by atoms with Crippen LogP contribution >= 0.6 is 0 Å². The Kier molecular flexibility index (Phi) is 7.77. The van der Waals surface area contributed by atoms with Crippen LogP contribution in [-0.4, -0.2) is 52.9 Å². The second-order valence-electron chi connectivity index (χ2n) is 7.68. The topological polar surface area (TPSA) is 114 Å². The van der Waals surface area contributed by atoms with Crippen LogP contribution in [-0.2, 0) is 6.61 Å². The van der Waals surface area contributed by atoms with E-state index in [1.807, 2.05) is 45.0 Å². The van der Waals surface area contributed by atoms with Crippen molar-refractivity contribution in [3.63, 3.8) is 0 Å². The molecular weight excluding hydrogens is 410 g/mol. The van der Waals surface area contributed by atoms with Gasteiger partial charge < -0.3 is 24.6 Å². The average molecular weight is 440 g/mol. The van der Waals surface area contributed by atoms with E-state index < -0.39 is 0 Å². The maximum absolute atomic E-state index is 12.3. The summed E-state index contributed by atoms with van der Waals surface area (Å²) in [6.07, 6.45) is 4.79. The third-order valence-electron chi connectivity index (χ3n) is 5.02. The van der Waals surface area contributed by atoms with Gasteiger partial charge in [0.05, 0.1) is 23.8 Å². The largest absolute Gasteiger partial charge is 0.473 e. The number of aliphatic hydroxyl groups is 1. The van der Waals surface area contributed by atoms with E-state index in [9.17, 15) is 9.90 Å². The number of nitrogens with one attached hydrogen (secondary N) is 1. The van der Waals surface area contributed by atoms with Crippen LogP contribution < -0.4 is 15.0 Å². The van der Waals surface area contributed by atoms with Crippen molar-refractivity contribution >= 4 is 11.7 Å². The van der Waals surface area contributed by atoms with E-state index in [0.29, 0.717) is 29.3 Å². The first-order valence-electron chi connectivity index (χ1n) is 10.5. The summed E-state index contributed by atoms with van der Waals surface area (Å²) >= 11 is 0. The predicted octanol–water partition coefficient (Wildman–Crippen LogP) is 2.98. The number of aliphatic hydroxyl groups excluding tert-OH is 1. The van der Waals surface area contributed by atoms with E-state index in [2.05, 4.69) is 20.4 Å². The number of rotatable bonds is 10. The van der Waals surface area contributed by atoms with Crippen molar-refractivity contribution < 1.29 is 19.2 Å².